The molecule has 0 spiro atoms. The van der Waals surface area contributed by atoms with Crippen LogP contribution in [0.5, 0.6) is 0 Å². The Bertz CT molecular complexity index is 1140. The van der Waals surface area contributed by atoms with Gasteiger partial charge in [0, 0.05) is 6.42 Å². The lowest BCUT2D eigenvalue weighted by molar-refractivity contribution is -0.302. The van der Waals surface area contributed by atoms with E-state index in [0.29, 0.717) is 6.42 Å². The Morgan fingerprint density at radius 3 is 1.31 bits per heavy atom. The zero-order valence-corrected chi connectivity index (χ0v) is 41.3. The van der Waals surface area contributed by atoms with E-state index in [9.17, 15) is 30.3 Å². The van der Waals surface area contributed by atoms with Gasteiger partial charge in [-0.25, -0.2) is 0 Å². The third kappa shape index (κ3) is 34.5. The minimum Gasteiger partial charge on any atom is -0.394 e. The fraction of sp³-hybridized carbons (Fsp3) is 0.836. The molecule has 7 unspecified atom stereocenters. The zero-order valence-electron chi connectivity index (χ0n) is 41.3. The Balaban J connectivity index is 2.29. The maximum Gasteiger partial charge on any atom is 0.220 e. The van der Waals surface area contributed by atoms with Crippen LogP contribution in [0, 0.1) is 0 Å². The molecule has 6 N–H and O–H groups in total. The van der Waals surface area contributed by atoms with Gasteiger partial charge >= 0.3 is 0 Å². The number of allylic oxidation sites excluding steroid dienone is 7. The average molecular weight is 904 g/mol. The Morgan fingerprint density at radius 2 is 0.891 bits per heavy atom. The number of carbonyl (C=O) groups excluding carboxylic acids is 1. The van der Waals surface area contributed by atoms with E-state index in [0.717, 1.165) is 64.2 Å². The average Bonchev–Trinajstić information content (AvgIpc) is 3.29. The molecule has 1 aliphatic heterocycles. The number of hydrogen-bond donors (Lipinski definition) is 6. The van der Waals surface area contributed by atoms with Gasteiger partial charge in [0.2, 0.25) is 5.91 Å². The van der Waals surface area contributed by atoms with E-state index in [2.05, 4.69) is 55.6 Å². The fourth-order valence-corrected chi connectivity index (χ4v) is 8.30. The van der Waals surface area contributed by atoms with Crippen molar-refractivity contribution < 1.29 is 39.8 Å². The van der Waals surface area contributed by atoms with Gasteiger partial charge in [0.05, 0.1) is 25.4 Å². The molecule has 1 aliphatic rings. The lowest BCUT2D eigenvalue weighted by atomic mass is 9.99. The maximum absolute atomic E-state index is 13.0. The molecular weight excluding hydrogens is 803 g/mol. The third-order valence-corrected chi connectivity index (χ3v) is 12.6. The summed E-state index contributed by atoms with van der Waals surface area (Å²) in [4.78, 5) is 13.0. The molecule has 0 aromatic rings. The van der Waals surface area contributed by atoms with E-state index in [1.54, 1.807) is 6.08 Å². The summed E-state index contributed by atoms with van der Waals surface area (Å²) >= 11 is 0. The van der Waals surface area contributed by atoms with Crippen LogP contribution in [0.15, 0.2) is 48.6 Å². The number of amides is 1. The van der Waals surface area contributed by atoms with Crippen molar-refractivity contribution in [2.75, 3.05) is 13.2 Å². The molecule has 1 rings (SSSR count). The molecule has 0 aromatic carbocycles. The molecular formula is C55H101NO8. The smallest absolute Gasteiger partial charge is 0.220 e. The highest BCUT2D eigenvalue weighted by molar-refractivity contribution is 5.76. The molecule has 0 radical (unpaired) electrons. The number of hydrogen-bond acceptors (Lipinski definition) is 8. The van der Waals surface area contributed by atoms with Crippen molar-refractivity contribution >= 4 is 5.91 Å². The van der Waals surface area contributed by atoms with Crippen LogP contribution in [-0.2, 0) is 14.3 Å². The Kier molecular flexibility index (Phi) is 42.3. The maximum atomic E-state index is 13.0. The fourth-order valence-electron chi connectivity index (χ4n) is 8.30. The van der Waals surface area contributed by atoms with E-state index < -0.39 is 49.5 Å². The zero-order chi connectivity index (χ0) is 46.6. The Morgan fingerprint density at radius 1 is 0.516 bits per heavy atom. The molecule has 0 aromatic heterocycles. The molecule has 0 bridgehead atoms. The second kappa shape index (κ2) is 45.0. The van der Waals surface area contributed by atoms with Crippen molar-refractivity contribution in [1.82, 2.24) is 5.32 Å². The summed E-state index contributed by atoms with van der Waals surface area (Å²) in [5.41, 5.74) is 0. The topological polar surface area (TPSA) is 149 Å². The lowest BCUT2D eigenvalue weighted by Crippen LogP contribution is -2.60. The predicted octanol–water partition coefficient (Wildman–Crippen LogP) is 12.6. The molecule has 1 fully saturated rings. The molecule has 374 valence electrons. The van der Waals surface area contributed by atoms with E-state index in [1.807, 2.05) is 6.08 Å². The van der Waals surface area contributed by atoms with Crippen molar-refractivity contribution in [3.63, 3.8) is 0 Å². The first-order valence-electron chi connectivity index (χ1n) is 26.9. The van der Waals surface area contributed by atoms with Crippen LogP contribution >= 0.6 is 0 Å². The highest BCUT2D eigenvalue weighted by Gasteiger charge is 2.44. The summed E-state index contributed by atoms with van der Waals surface area (Å²) in [5.74, 6) is -0.200. The molecule has 7 atom stereocenters. The molecule has 0 saturated carbocycles. The van der Waals surface area contributed by atoms with Crippen LogP contribution in [0.2, 0.25) is 0 Å². The SMILES string of the molecule is CCCCCCCC/C=C\CCCCCCCC(=O)NC(COC1OC(CO)C(O)C(O)C1O)C(O)/C=C/CC/C=C/CC/C=C/CCCCCCCCCCCCCCCCCC. The number of carbonyl (C=O) groups is 1. The van der Waals surface area contributed by atoms with Crippen LogP contribution < -0.4 is 5.32 Å². The molecule has 0 aliphatic carbocycles. The predicted molar refractivity (Wildman–Crippen MR) is 267 cm³/mol. The molecule has 1 amide bonds. The van der Waals surface area contributed by atoms with Crippen LogP contribution in [-0.4, -0.2) is 87.5 Å². The first-order valence-corrected chi connectivity index (χ1v) is 26.9. The van der Waals surface area contributed by atoms with Crippen molar-refractivity contribution in [3.05, 3.63) is 48.6 Å². The van der Waals surface area contributed by atoms with Crippen LogP contribution in [0.25, 0.3) is 0 Å². The quantitative estimate of drug-likeness (QED) is 0.0261. The highest BCUT2D eigenvalue weighted by Crippen LogP contribution is 2.23. The van der Waals surface area contributed by atoms with Gasteiger partial charge in [-0.05, 0) is 70.6 Å². The van der Waals surface area contributed by atoms with Gasteiger partial charge in [-0.3, -0.25) is 4.79 Å². The minimum absolute atomic E-state index is 0.200. The van der Waals surface area contributed by atoms with Gasteiger partial charge in [-0.1, -0.05) is 210 Å². The summed E-state index contributed by atoms with van der Waals surface area (Å²) < 4.78 is 11.2. The standard InChI is InChI=1S/C55H101NO8/c1-3-5-7-9-11-13-15-17-19-20-21-22-23-24-25-26-27-28-29-31-32-34-36-38-40-42-44-49(58)48(47-63-55-54(62)53(61)52(60)50(46-57)64-55)56-51(59)45-43-41-39-37-35-33-30-18-16-14-12-10-8-6-4-2/h18,28-30,34,36,42,44,48-50,52-55,57-58,60-62H,3-17,19-27,31-33,35,37-41,43,45-47H2,1-2H3,(H,56,59)/b29-28+,30-18-,36-34+,44-42+. The monoisotopic (exact) mass is 904 g/mol. The third-order valence-electron chi connectivity index (χ3n) is 12.6. The first-order chi connectivity index (χ1) is 31.3. The molecule has 64 heavy (non-hydrogen) atoms. The lowest BCUT2D eigenvalue weighted by Gasteiger charge is -2.40. The summed E-state index contributed by atoms with van der Waals surface area (Å²) in [5, 5.41) is 54.3. The van der Waals surface area contributed by atoms with E-state index in [4.69, 9.17) is 9.47 Å². The van der Waals surface area contributed by atoms with E-state index in [-0.39, 0.29) is 12.5 Å². The molecule has 9 nitrogen and oxygen atoms in total. The summed E-state index contributed by atoms with van der Waals surface area (Å²) in [6, 6.07) is -0.833. The Hall–Kier alpha value is -1.85. The van der Waals surface area contributed by atoms with Gasteiger partial charge in [-0.15, -0.1) is 0 Å². The number of aliphatic hydroxyl groups excluding tert-OH is 5. The first kappa shape index (κ1) is 60.2. The largest absolute Gasteiger partial charge is 0.394 e. The normalized spacial score (nSPS) is 20.4. The van der Waals surface area contributed by atoms with Gasteiger partial charge in [0.25, 0.3) is 0 Å². The molecule has 1 saturated heterocycles. The number of unbranched alkanes of at least 4 members (excludes halogenated alkanes) is 29. The number of nitrogens with one attached hydrogen (secondary N) is 1. The van der Waals surface area contributed by atoms with Gasteiger partial charge < -0.3 is 40.3 Å². The van der Waals surface area contributed by atoms with Gasteiger partial charge in [0.1, 0.15) is 24.4 Å². The number of ether oxygens (including phenoxy) is 2. The van der Waals surface area contributed by atoms with E-state index >= 15 is 0 Å². The second-order valence-electron chi connectivity index (χ2n) is 18.6. The van der Waals surface area contributed by atoms with Crippen LogP contribution in [0.4, 0.5) is 0 Å². The highest BCUT2D eigenvalue weighted by atomic mass is 16.7. The number of rotatable bonds is 45. The summed E-state index contributed by atoms with van der Waals surface area (Å²) in [6.45, 7) is 3.75. The van der Waals surface area contributed by atoms with Crippen LogP contribution in [0.3, 0.4) is 0 Å². The van der Waals surface area contributed by atoms with Crippen molar-refractivity contribution in [3.8, 4) is 0 Å². The van der Waals surface area contributed by atoms with E-state index in [1.165, 1.54) is 154 Å². The summed E-state index contributed by atoms with van der Waals surface area (Å²) in [7, 11) is 0. The van der Waals surface area contributed by atoms with Crippen molar-refractivity contribution in [2.45, 2.75) is 281 Å². The molecule has 9 heteroatoms. The summed E-state index contributed by atoms with van der Waals surface area (Å²) in [6.07, 6.45) is 51.8. The van der Waals surface area contributed by atoms with Crippen LogP contribution in [0.1, 0.15) is 239 Å². The Labute approximate surface area is 393 Å². The van der Waals surface area contributed by atoms with Gasteiger partial charge in [-0.2, -0.15) is 0 Å². The van der Waals surface area contributed by atoms with Crippen molar-refractivity contribution in [1.29, 1.82) is 0 Å². The van der Waals surface area contributed by atoms with Crippen molar-refractivity contribution in [2.24, 2.45) is 0 Å². The molecule has 1 heterocycles. The second-order valence-corrected chi connectivity index (χ2v) is 18.6. The minimum atomic E-state index is -1.58. The number of aliphatic hydroxyl groups is 5. The van der Waals surface area contributed by atoms with Gasteiger partial charge in [0.15, 0.2) is 6.29 Å².